The van der Waals surface area contributed by atoms with Crippen molar-refractivity contribution in [2.24, 2.45) is 0 Å². The molecule has 1 rings (SSSR count). The number of carbonyl (C=O) groups is 1. The summed E-state index contributed by atoms with van der Waals surface area (Å²) in [6.45, 7) is 2.69. The number of aromatic nitrogens is 1. The van der Waals surface area contributed by atoms with Crippen LogP contribution in [0.15, 0.2) is 12.1 Å². The Bertz CT molecular complexity index is 590. The normalized spacial score (nSPS) is 11.4. The number of carbonyl (C=O) groups excluding carboxylic acids is 1. The number of halogens is 1. The Balaban J connectivity index is 2.48. The van der Waals surface area contributed by atoms with Crippen molar-refractivity contribution in [2.75, 3.05) is 19.3 Å². The van der Waals surface area contributed by atoms with Crippen LogP contribution in [-0.4, -0.2) is 38.7 Å². The molecule has 0 saturated carbocycles. The molecular formula is C13H20ClN3O3S. The average molecular weight is 334 g/mol. The van der Waals surface area contributed by atoms with E-state index in [0.717, 1.165) is 24.8 Å². The lowest BCUT2D eigenvalue weighted by Crippen LogP contribution is -2.29. The quantitative estimate of drug-likeness (QED) is 0.555. The fourth-order valence-electron chi connectivity index (χ4n) is 1.72. The molecule has 1 amide bonds. The van der Waals surface area contributed by atoms with Crippen LogP contribution in [0.4, 0.5) is 0 Å². The van der Waals surface area contributed by atoms with Gasteiger partial charge in [-0.15, -0.1) is 0 Å². The molecule has 8 heteroatoms. The molecule has 2 N–H and O–H groups in total. The van der Waals surface area contributed by atoms with E-state index < -0.39 is 10.0 Å². The van der Waals surface area contributed by atoms with E-state index in [0.29, 0.717) is 23.7 Å². The lowest BCUT2D eigenvalue weighted by molar-refractivity contribution is 0.0953. The molecular weight excluding hydrogens is 314 g/mol. The Hall–Kier alpha value is -1.18. The van der Waals surface area contributed by atoms with Gasteiger partial charge in [-0.2, -0.15) is 0 Å². The van der Waals surface area contributed by atoms with Gasteiger partial charge < -0.3 is 5.32 Å². The summed E-state index contributed by atoms with van der Waals surface area (Å²) in [6.07, 6.45) is 3.30. The zero-order chi connectivity index (χ0) is 15.9. The molecule has 118 valence electrons. The molecule has 0 saturated heterocycles. The summed E-state index contributed by atoms with van der Waals surface area (Å²) in [5, 5.41) is 3.02. The molecule has 1 aromatic rings. The second-order valence-electron chi connectivity index (χ2n) is 4.70. The zero-order valence-electron chi connectivity index (χ0n) is 12.1. The van der Waals surface area contributed by atoms with E-state index in [9.17, 15) is 13.2 Å². The lowest BCUT2D eigenvalue weighted by atomic mass is 10.1. The Morgan fingerprint density at radius 2 is 2.05 bits per heavy atom. The standard InChI is InChI=1S/C13H20ClN3O3S/c1-3-5-11-8-10(9-12(14)17-11)13(18)15-6-4-7-16-21(2,19)20/h8-9,16H,3-7H2,1-2H3,(H,15,18). The monoisotopic (exact) mass is 333 g/mol. The van der Waals surface area contributed by atoms with Crippen LogP contribution < -0.4 is 10.0 Å². The third-order valence-corrected chi connectivity index (χ3v) is 3.54. The van der Waals surface area contributed by atoms with Gasteiger partial charge in [0.05, 0.1) is 6.26 Å². The maximum atomic E-state index is 12.0. The summed E-state index contributed by atoms with van der Waals surface area (Å²) in [7, 11) is -3.18. The van der Waals surface area contributed by atoms with Gasteiger partial charge in [-0.25, -0.2) is 18.1 Å². The van der Waals surface area contributed by atoms with Gasteiger partial charge >= 0.3 is 0 Å². The van der Waals surface area contributed by atoms with Gasteiger partial charge in [-0.1, -0.05) is 24.9 Å². The third-order valence-electron chi connectivity index (χ3n) is 2.62. The first-order valence-corrected chi connectivity index (χ1v) is 8.98. The summed E-state index contributed by atoms with van der Waals surface area (Å²) in [6, 6.07) is 3.24. The molecule has 0 spiro atoms. The smallest absolute Gasteiger partial charge is 0.251 e. The average Bonchev–Trinajstić information content (AvgIpc) is 2.36. The predicted octanol–water partition coefficient (Wildman–Crippen LogP) is 1.36. The Morgan fingerprint density at radius 1 is 1.33 bits per heavy atom. The number of sulfonamides is 1. The molecule has 1 heterocycles. The first-order valence-electron chi connectivity index (χ1n) is 6.71. The highest BCUT2D eigenvalue weighted by molar-refractivity contribution is 7.88. The van der Waals surface area contributed by atoms with E-state index in [1.54, 1.807) is 6.07 Å². The molecule has 0 radical (unpaired) electrons. The van der Waals surface area contributed by atoms with Crippen molar-refractivity contribution < 1.29 is 13.2 Å². The molecule has 0 unspecified atom stereocenters. The van der Waals surface area contributed by atoms with Gasteiger partial charge in [0.25, 0.3) is 5.91 Å². The van der Waals surface area contributed by atoms with Crippen LogP contribution in [0.1, 0.15) is 35.8 Å². The Kier molecular flexibility index (Phi) is 7.07. The van der Waals surface area contributed by atoms with Crippen molar-refractivity contribution in [1.29, 1.82) is 0 Å². The van der Waals surface area contributed by atoms with Gasteiger partial charge in [0.15, 0.2) is 0 Å². The fraction of sp³-hybridized carbons (Fsp3) is 0.538. The molecule has 0 fully saturated rings. The van der Waals surface area contributed by atoms with Crippen LogP contribution in [-0.2, 0) is 16.4 Å². The minimum atomic E-state index is -3.18. The van der Waals surface area contributed by atoms with Crippen molar-refractivity contribution in [3.05, 3.63) is 28.5 Å². The van der Waals surface area contributed by atoms with Gasteiger partial charge in [0, 0.05) is 24.3 Å². The van der Waals surface area contributed by atoms with Crippen molar-refractivity contribution in [2.45, 2.75) is 26.2 Å². The van der Waals surface area contributed by atoms with Crippen LogP contribution in [0.5, 0.6) is 0 Å². The SMILES string of the molecule is CCCc1cc(C(=O)NCCCNS(C)(=O)=O)cc(Cl)n1. The largest absolute Gasteiger partial charge is 0.352 e. The van der Waals surface area contributed by atoms with E-state index >= 15 is 0 Å². The molecule has 21 heavy (non-hydrogen) atoms. The fourth-order valence-corrected chi connectivity index (χ4v) is 2.46. The van der Waals surface area contributed by atoms with Gasteiger partial charge in [-0.05, 0) is 25.0 Å². The van der Waals surface area contributed by atoms with Crippen LogP contribution in [0.25, 0.3) is 0 Å². The summed E-state index contributed by atoms with van der Waals surface area (Å²) in [5.74, 6) is -0.240. The Labute approximate surface area is 130 Å². The van der Waals surface area contributed by atoms with Crippen molar-refractivity contribution in [3.63, 3.8) is 0 Å². The number of pyridine rings is 1. The number of hydrogen-bond donors (Lipinski definition) is 2. The van der Waals surface area contributed by atoms with E-state index in [4.69, 9.17) is 11.6 Å². The van der Waals surface area contributed by atoms with Gasteiger partial charge in [-0.3, -0.25) is 4.79 Å². The molecule has 0 aliphatic rings. The second-order valence-corrected chi connectivity index (χ2v) is 6.92. The third kappa shape index (κ3) is 7.40. The molecule has 0 aliphatic carbocycles. The van der Waals surface area contributed by atoms with E-state index in [1.807, 2.05) is 6.92 Å². The maximum Gasteiger partial charge on any atom is 0.251 e. The number of hydrogen-bond acceptors (Lipinski definition) is 4. The molecule has 0 aliphatic heterocycles. The van der Waals surface area contributed by atoms with Crippen molar-refractivity contribution in [3.8, 4) is 0 Å². The highest BCUT2D eigenvalue weighted by Gasteiger charge is 2.09. The minimum Gasteiger partial charge on any atom is -0.352 e. The molecule has 6 nitrogen and oxygen atoms in total. The molecule has 0 bridgehead atoms. The summed E-state index contributed by atoms with van der Waals surface area (Å²) < 4.78 is 24.1. The minimum absolute atomic E-state index is 0.240. The summed E-state index contributed by atoms with van der Waals surface area (Å²) >= 11 is 5.90. The maximum absolute atomic E-state index is 12.0. The van der Waals surface area contributed by atoms with E-state index in [-0.39, 0.29) is 12.5 Å². The number of nitrogens with zero attached hydrogens (tertiary/aromatic N) is 1. The van der Waals surface area contributed by atoms with Crippen molar-refractivity contribution >= 4 is 27.5 Å². The molecule has 0 aromatic carbocycles. The van der Waals surface area contributed by atoms with Gasteiger partial charge in [0.2, 0.25) is 10.0 Å². The second kappa shape index (κ2) is 8.31. The van der Waals surface area contributed by atoms with Crippen LogP contribution >= 0.6 is 11.6 Å². The van der Waals surface area contributed by atoms with Crippen molar-refractivity contribution in [1.82, 2.24) is 15.0 Å². The number of amides is 1. The highest BCUT2D eigenvalue weighted by Crippen LogP contribution is 2.12. The first-order chi connectivity index (χ1) is 9.81. The van der Waals surface area contributed by atoms with Crippen LogP contribution in [0.3, 0.4) is 0 Å². The number of rotatable bonds is 8. The molecule has 0 atom stereocenters. The lowest BCUT2D eigenvalue weighted by Gasteiger charge is -2.07. The van der Waals surface area contributed by atoms with Crippen LogP contribution in [0.2, 0.25) is 5.15 Å². The number of nitrogens with one attached hydrogen (secondary N) is 2. The zero-order valence-corrected chi connectivity index (χ0v) is 13.7. The van der Waals surface area contributed by atoms with Crippen LogP contribution in [0, 0.1) is 0 Å². The topological polar surface area (TPSA) is 88.2 Å². The molecule has 1 aromatic heterocycles. The van der Waals surface area contributed by atoms with E-state index in [2.05, 4.69) is 15.0 Å². The first kappa shape index (κ1) is 17.9. The predicted molar refractivity (Wildman–Crippen MR) is 83.0 cm³/mol. The van der Waals surface area contributed by atoms with Gasteiger partial charge in [0.1, 0.15) is 5.15 Å². The summed E-state index contributed by atoms with van der Waals surface area (Å²) in [4.78, 5) is 16.1. The number of aryl methyl sites for hydroxylation is 1. The summed E-state index contributed by atoms with van der Waals surface area (Å²) in [5.41, 5.74) is 1.25. The Morgan fingerprint density at radius 3 is 2.67 bits per heavy atom. The highest BCUT2D eigenvalue weighted by atomic mass is 35.5. The van der Waals surface area contributed by atoms with E-state index in [1.165, 1.54) is 6.07 Å².